The number of nitrogens with zero attached hydrogens (tertiary/aromatic N) is 4. The number of hydrogen-bond donors (Lipinski definition) is 0. The van der Waals surface area contributed by atoms with E-state index in [0.29, 0.717) is 49.6 Å². The largest absolute Gasteiger partial charge is 0.466 e. The van der Waals surface area contributed by atoms with Crippen molar-refractivity contribution in [2.75, 3.05) is 33.3 Å². The number of amidine groups is 1. The molecule has 0 unspecified atom stereocenters. The van der Waals surface area contributed by atoms with Crippen molar-refractivity contribution < 1.29 is 23.5 Å². The molecule has 1 fully saturated rings. The molecule has 2 amide bonds. The second kappa shape index (κ2) is 11.1. The fourth-order valence-electron chi connectivity index (χ4n) is 5.32. The van der Waals surface area contributed by atoms with Crippen LogP contribution in [-0.4, -0.2) is 70.9 Å². The van der Waals surface area contributed by atoms with E-state index in [1.54, 1.807) is 21.9 Å². The van der Waals surface area contributed by atoms with E-state index in [9.17, 15) is 14.4 Å². The first-order valence-electron chi connectivity index (χ1n) is 13.0. The van der Waals surface area contributed by atoms with Crippen molar-refractivity contribution in [3.05, 3.63) is 81.4 Å². The quantitative estimate of drug-likeness (QED) is 0.494. The molecule has 0 saturated carbocycles. The number of fused-ring (bicyclic) bond motifs is 1. The summed E-state index contributed by atoms with van der Waals surface area (Å²) >= 11 is 1.47. The van der Waals surface area contributed by atoms with Gasteiger partial charge in [0, 0.05) is 31.9 Å². The van der Waals surface area contributed by atoms with Gasteiger partial charge in [-0.2, -0.15) is 0 Å². The van der Waals surface area contributed by atoms with Crippen LogP contribution in [0.25, 0.3) is 0 Å². The van der Waals surface area contributed by atoms with Gasteiger partial charge in [0.1, 0.15) is 0 Å². The van der Waals surface area contributed by atoms with E-state index in [1.807, 2.05) is 43.2 Å². The van der Waals surface area contributed by atoms with Crippen molar-refractivity contribution in [1.82, 2.24) is 14.7 Å². The lowest BCUT2D eigenvalue weighted by molar-refractivity contribution is -0.136. The van der Waals surface area contributed by atoms with Crippen LogP contribution in [0.15, 0.2) is 68.4 Å². The molecule has 5 rings (SSSR count). The van der Waals surface area contributed by atoms with Crippen LogP contribution in [0.3, 0.4) is 0 Å². The van der Waals surface area contributed by atoms with Crippen LogP contribution >= 0.6 is 11.8 Å². The monoisotopic (exact) mass is 548 g/mol. The van der Waals surface area contributed by atoms with Crippen LogP contribution in [-0.2, 0) is 14.3 Å². The molecule has 2 aromatic rings. The predicted molar refractivity (Wildman–Crippen MR) is 149 cm³/mol. The number of rotatable bonds is 6. The molecule has 0 bridgehead atoms. The Morgan fingerprint density at radius 1 is 1.10 bits per heavy atom. The van der Waals surface area contributed by atoms with Crippen molar-refractivity contribution in [2.24, 2.45) is 4.99 Å². The number of aliphatic imine (C=N–C) groups is 1. The topological polar surface area (TPSA) is 95.7 Å². The third-order valence-corrected chi connectivity index (χ3v) is 8.22. The number of allylic oxidation sites excluding steroid dienone is 1. The van der Waals surface area contributed by atoms with Gasteiger partial charge in [0.25, 0.3) is 5.91 Å². The Bertz CT molecular complexity index is 1390. The van der Waals surface area contributed by atoms with Gasteiger partial charge in [0.05, 0.1) is 37.1 Å². The molecule has 4 heterocycles. The molecule has 9 nitrogen and oxygen atoms in total. The summed E-state index contributed by atoms with van der Waals surface area (Å²) in [6, 6.07) is 9.07. The third kappa shape index (κ3) is 5.13. The number of esters is 1. The van der Waals surface area contributed by atoms with Gasteiger partial charge in [-0.15, -0.1) is 0 Å². The van der Waals surface area contributed by atoms with E-state index in [2.05, 4.69) is 6.07 Å². The van der Waals surface area contributed by atoms with Gasteiger partial charge in [0.15, 0.2) is 10.9 Å². The first kappa shape index (κ1) is 26.8. The molecule has 3 aliphatic rings. The van der Waals surface area contributed by atoms with Gasteiger partial charge in [0.2, 0.25) is 5.91 Å². The van der Waals surface area contributed by atoms with Crippen LogP contribution in [0.2, 0.25) is 0 Å². The van der Waals surface area contributed by atoms with Crippen LogP contribution in [0.5, 0.6) is 0 Å². The van der Waals surface area contributed by atoms with Gasteiger partial charge in [-0.1, -0.05) is 42.4 Å². The number of benzene rings is 1. The lowest BCUT2D eigenvalue weighted by Gasteiger charge is -2.38. The Morgan fingerprint density at radius 3 is 2.49 bits per heavy atom. The molecule has 204 valence electrons. The second-order valence-corrected chi connectivity index (χ2v) is 10.6. The third-order valence-electron chi connectivity index (χ3n) is 7.33. The highest BCUT2D eigenvalue weighted by Crippen LogP contribution is 2.46. The maximum absolute atomic E-state index is 13.5. The van der Waals surface area contributed by atoms with E-state index >= 15 is 0 Å². The molecule has 1 atom stereocenters. The molecule has 0 radical (unpaired) electrons. The highest BCUT2D eigenvalue weighted by Gasteiger charge is 2.42. The molecule has 0 aliphatic carbocycles. The fraction of sp³-hybridized carbons (Fsp3) is 0.379. The van der Waals surface area contributed by atoms with Crippen molar-refractivity contribution >= 4 is 34.7 Å². The summed E-state index contributed by atoms with van der Waals surface area (Å²) in [7, 11) is 1.39. The van der Waals surface area contributed by atoms with Crippen LogP contribution in [0.1, 0.15) is 53.1 Å². The van der Waals surface area contributed by atoms with E-state index in [-0.39, 0.29) is 18.2 Å². The smallest absolute Gasteiger partial charge is 0.338 e. The Hall–Kier alpha value is -3.79. The Labute approximate surface area is 232 Å². The molecule has 10 heteroatoms. The van der Waals surface area contributed by atoms with E-state index in [0.717, 1.165) is 27.6 Å². The molecular formula is C29H32N4O5S. The normalized spacial score (nSPS) is 19.1. The number of hydrogen-bond acceptors (Lipinski definition) is 8. The highest BCUT2D eigenvalue weighted by molar-refractivity contribution is 8.16. The average Bonchev–Trinajstić information content (AvgIpc) is 3.62. The summed E-state index contributed by atoms with van der Waals surface area (Å²) in [4.78, 5) is 49.5. The number of carbonyl (C=O) groups is 3. The summed E-state index contributed by atoms with van der Waals surface area (Å²) in [5.41, 5.74) is 5.15. The van der Waals surface area contributed by atoms with Gasteiger partial charge in [-0.05, 0) is 48.9 Å². The minimum Gasteiger partial charge on any atom is -0.466 e. The number of piperazine rings is 1. The Balaban J connectivity index is 1.37. The number of aryl methyl sites for hydroxylation is 2. The maximum atomic E-state index is 13.5. The van der Waals surface area contributed by atoms with Gasteiger partial charge in [-0.3, -0.25) is 9.59 Å². The average molecular weight is 549 g/mol. The van der Waals surface area contributed by atoms with E-state index < -0.39 is 12.0 Å². The summed E-state index contributed by atoms with van der Waals surface area (Å²) in [6.07, 6.45) is 2.22. The van der Waals surface area contributed by atoms with Crippen molar-refractivity contribution in [1.29, 1.82) is 0 Å². The predicted octanol–water partition coefficient (Wildman–Crippen LogP) is 4.41. The molecule has 0 N–H and O–H groups in total. The van der Waals surface area contributed by atoms with Gasteiger partial charge < -0.3 is 23.9 Å². The summed E-state index contributed by atoms with van der Waals surface area (Å²) in [5.74, 6) is -0.309. The zero-order valence-electron chi connectivity index (χ0n) is 22.6. The zero-order chi connectivity index (χ0) is 27.7. The summed E-state index contributed by atoms with van der Waals surface area (Å²) in [5, 5.41) is 2.71. The van der Waals surface area contributed by atoms with Crippen molar-refractivity contribution in [3.8, 4) is 0 Å². The lowest BCUT2D eigenvalue weighted by Crippen LogP contribution is -2.51. The highest BCUT2D eigenvalue weighted by atomic mass is 32.2. The molecule has 0 spiro atoms. The number of furan rings is 1. The van der Waals surface area contributed by atoms with Crippen LogP contribution in [0.4, 0.5) is 0 Å². The van der Waals surface area contributed by atoms with Gasteiger partial charge in [-0.25, -0.2) is 9.79 Å². The molecule has 1 aromatic carbocycles. The van der Waals surface area contributed by atoms with Crippen molar-refractivity contribution in [3.63, 3.8) is 0 Å². The Morgan fingerprint density at radius 2 is 1.85 bits per heavy atom. The second-order valence-electron chi connectivity index (χ2n) is 9.79. The number of thioether (sulfide) groups is 1. The zero-order valence-corrected chi connectivity index (χ0v) is 23.4. The minimum absolute atomic E-state index is 0.0301. The maximum Gasteiger partial charge on any atom is 0.338 e. The standard InChI is InChI=1S/C29H32N4O5S/c1-5-22-25(28(36)37-4)26(21-9-8-18(2)15-19(21)3)33-20(17-39-29(33)30-22)16-24(34)31-10-12-32(13-11-31)27(35)23-7-6-14-38-23/h6-9,14-15,17,26H,5,10-13,16H2,1-4H3/t26-/m1/s1. The van der Waals surface area contributed by atoms with Crippen molar-refractivity contribution in [2.45, 2.75) is 39.7 Å². The number of carbonyl (C=O) groups excluding carboxylic acids is 3. The molecular weight excluding hydrogens is 516 g/mol. The summed E-state index contributed by atoms with van der Waals surface area (Å²) in [6.45, 7) is 7.82. The molecule has 3 aliphatic heterocycles. The lowest BCUT2D eigenvalue weighted by atomic mass is 9.89. The van der Waals surface area contributed by atoms with Gasteiger partial charge >= 0.3 is 5.97 Å². The van der Waals surface area contributed by atoms with Crippen LogP contribution < -0.4 is 0 Å². The van der Waals surface area contributed by atoms with E-state index in [4.69, 9.17) is 14.1 Å². The van der Waals surface area contributed by atoms with E-state index in [1.165, 1.54) is 25.1 Å². The van der Waals surface area contributed by atoms with Crippen LogP contribution in [0, 0.1) is 13.8 Å². The number of methoxy groups -OCH3 is 1. The molecule has 1 aromatic heterocycles. The first-order chi connectivity index (χ1) is 18.8. The molecule has 39 heavy (non-hydrogen) atoms. The fourth-order valence-corrected chi connectivity index (χ4v) is 6.26. The SMILES string of the molecule is CCC1=C(C(=O)OC)[C@@H](c2ccc(C)cc2C)N2C(CC(=O)N3CCN(C(=O)c4ccco4)CC3)=CSC2=N1. The first-order valence-corrected chi connectivity index (χ1v) is 13.9. The molecule has 1 saturated heterocycles. The number of ether oxygens (including phenoxy) is 1. The Kier molecular flexibility index (Phi) is 7.65. The minimum atomic E-state index is -0.447. The summed E-state index contributed by atoms with van der Waals surface area (Å²) < 4.78 is 10.5. The number of amides is 2.